The molecule has 1 aromatic carbocycles. The van der Waals surface area contributed by atoms with Crippen LogP contribution in [0.15, 0.2) is 24.3 Å². The summed E-state index contributed by atoms with van der Waals surface area (Å²) < 4.78 is 0. The van der Waals surface area contributed by atoms with E-state index in [0.29, 0.717) is 0 Å². The molecular weight excluding hydrogens is 256 g/mol. The molecule has 0 bridgehead atoms. The molecule has 1 saturated carbocycles. The summed E-state index contributed by atoms with van der Waals surface area (Å²) in [4.78, 5) is 2.43. The molecule has 0 amide bonds. The molecule has 0 heterocycles. The Morgan fingerprint density at radius 2 is 2.00 bits per heavy atom. The first-order valence-corrected chi connectivity index (χ1v) is 8.26. The molecule has 1 N–H and O–H groups in total. The van der Waals surface area contributed by atoms with E-state index >= 15 is 0 Å². The first-order valence-electron chi connectivity index (χ1n) is 8.26. The van der Waals surface area contributed by atoms with Crippen LogP contribution in [0.5, 0.6) is 0 Å². The van der Waals surface area contributed by atoms with Crippen molar-refractivity contribution in [3.8, 4) is 12.3 Å². The van der Waals surface area contributed by atoms with E-state index in [0.717, 1.165) is 45.1 Å². The summed E-state index contributed by atoms with van der Waals surface area (Å²) in [5.74, 6) is 3.70. The SMILES string of the molecule is C#CCN(Cc1ccccc1CCNCCC)CC1CC1. The second-order valence-corrected chi connectivity index (χ2v) is 6.09. The van der Waals surface area contributed by atoms with E-state index in [1.54, 1.807) is 0 Å². The first kappa shape index (κ1) is 16.1. The normalized spacial score (nSPS) is 14.3. The number of terminal acetylenes is 1. The zero-order valence-electron chi connectivity index (χ0n) is 13.3. The number of nitrogens with one attached hydrogen (secondary N) is 1. The Morgan fingerprint density at radius 1 is 1.24 bits per heavy atom. The summed E-state index contributed by atoms with van der Waals surface area (Å²) in [6.07, 6.45) is 10.6. The van der Waals surface area contributed by atoms with Crippen LogP contribution in [-0.2, 0) is 13.0 Å². The van der Waals surface area contributed by atoms with Crippen molar-refractivity contribution in [2.45, 2.75) is 39.2 Å². The predicted octanol–water partition coefficient (Wildman–Crippen LogP) is 3.07. The maximum Gasteiger partial charge on any atom is 0.0601 e. The fourth-order valence-corrected chi connectivity index (χ4v) is 2.70. The molecule has 1 aromatic rings. The zero-order chi connectivity index (χ0) is 14.9. The molecule has 2 heteroatoms. The van der Waals surface area contributed by atoms with E-state index in [9.17, 15) is 0 Å². The fraction of sp³-hybridized carbons (Fsp3) is 0.579. The summed E-state index contributed by atoms with van der Waals surface area (Å²) in [5, 5.41) is 3.49. The van der Waals surface area contributed by atoms with Crippen LogP contribution >= 0.6 is 0 Å². The Hall–Kier alpha value is -1.30. The number of nitrogens with zero attached hydrogens (tertiary/aromatic N) is 1. The highest BCUT2D eigenvalue weighted by Crippen LogP contribution is 2.30. The average molecular weight is 284 g/mol. The molecular formula is C19H28N2. The van der Waals surface area contributed by atoms with E-state index in [2.05, 4.69) is 47.3 Å². The van der Waals surface area contributed by atoms with Crippen molar-refractivity contribution in [2.24, 2.45) is 5.92 Å². The van der Waals surface area contributed by atoms with Crippen molar-refractivity contribution in [1.29, 1.82) is 0 Å². The minimum absolute atomic E-state index is 0.763. The maximum atomic E-state index is 5.53. The van der Waals surface area contributed by atoms with E-state index < -0.39 is 0 Å². The van der Waals surface area contributed by atoms with Gasteiger partial charge in [0.25, 0.3) is 0 Å². The molecule has 1 fully saturated rings. The number of benzene rings is 1. The largest absolute Gasteiger partial charge is 0.316 e. The van der Waals surface area contributed by atoms with E-state index in [1.165, 1.54) is 30.4 Å². The maximum absolute atomic E-state index is 5.53. The predicted molar refractivity (Wildman–Crippen MR) is 90.1 cm³/mol. The van der Waals surface area contributed by atoms with E-state index in [1.807, 2.05) is 0 Å². The Balaban J connectivity index is 1.91. The second kappa shape index (κ2) is 8.87. The van der Waals surface area contributed by atoms with Crippen molar-refractivity contribution in [3.05, 3.63) is 35.4 Å². The van der Waals surface area contributed by atoms with Crippen molar-refractivity contribution in [1.82, 2.24) is 10.2 Å². The Labute approximate surface area is 129 Å². The Bertz CT molecular complexity index is 457. The number of hydrogen-bond acceptors (Lipinski definition) is 2. The van der Waals surface area contributed by atoms with Gasteiger partial charge in [-0.25, -0.2) is 0 Å². The lowest BCUT2D eigenvalue weighted by Crippen LogP contribution is -2.27. The minimum atomic E-state index is 0.763. The standard InChI is InChI=1S/C19H28N2/c1-3-12-20-13-11-18-7-5-6-8-19(18)16-21(14-4-2)15-17-9-10-17/h2,5-8,17,20H,3,9-16H2,1H3. The summed E-state index contributed by atoms with van der Waals surface area (Å²) >= 11 is 0. The second-order valence-electron chi connectivity index (χ2n) is 6.09. The molecule has 1 aliphatic rings. The molecule has 2 rings (SSSR count). The molecule has 0 aliphatic heterocycles. The van der Waals surface area contributed by atoms with Crippen molar-refractivity contribution >= 4 is 0 Å². The minimum Gasteiger partial charge on any atom is -0.316 e. The molecule has 0 atom stereocenters. The van der Waals surface area contributed by atoms with Gasteiger partial charge in [0.15, 0.2) is 0 Å². The van der Waals surface area contributed by atoms with Gasteiger partial charge in [-0.3, -0.25) is 4.90 Å². The molecule has 2 nitrogen and oxygen atoms in total. The average Bonchev–Trinajstić information content (AvgIpc) is 3.29. The molecule has 0 aromatic heterocycles. The number of hydrogen-bond donors (Lipinski definition) is 1. The lowest BCUT2D eigenvalue weighted by molar-refractivity contribution is 0.285. The van der Waals surface area contributed by atoms with Gasteiger partial charge >= 0.3 is 0 Å². The zero-order valence-corrected chi connectivity index (χ0v) is 13.3. The highest BCUT2D eigenvalue weighted by molar-refractivity contribution is 5.27. The van der Waals surface area contributed by atoms with Gasteiger partial charge in [0.2, 0.25) is 0 Å². The summed E-state index contributed by atoms with van der Waals surface area (Å²) in [6.45, 7) is 7.28. The van der Waals surface area contributed by atoms with Crippen LogP contribution in [0.4, 0.5) is 0 Å². The molecule has 0 radical (unpaired) electrons. The summed E-state index contributed by atoms with van der Waals surface area (Å²) in [7, 11) is 0. The molecule has 21 heavy (non-hydrogen) atoms. The van der Waals surface area contributed by atoms with Crippen LogP contribution in [0.3, 0.4) is 0 Å². The van der Waals surface area contributed by atoms with Crippen LogP contribution in [0, 0.1) is 18.3 Å². The topological polar surface area (TPSA) is 15.3 Å². The Kier molecular flexibility index (Phi) is 6.79. The highest BCUT2D eigenvalue weighted by atomic mass is 15.1. The van der Waals surface area contributed by atoms with Gasteiger partial charge in [0, 0.05) is 13.1 Å². The molecule has 0 saturated heterocycles. The lowest BCUT2D eigenvalue weighted by atomic mass is 10.0. The highest BCUT2D eigenvalue weighted by Gasteiger charge is 2.24. The quantitative estimate of drug-likeness (QED) is 0.525. The van der Waals surface area contributed by atoms with Gasteiger partial charge in [-0.1, -0.05) is 37.1 Å². The third kappa shape index (κ3) is 5.91. The van der Waals surface area contributed by atoms with Crippen molar-refractivity contribution < 1.29 is 0 Å². The van der Waals surface area contributed by atoms with Gasteiger partial charge in [0.1, 0.15) is 0 Å². The first-order chi connectivity index (χ1) is 10.3. The van der Waals surface area contributed by atoms with Gasteiger partial charge in [-0.2, -0.15) is 0 Å². The third-order valence-corrected chi connectivity index (χ3v) is 4.04. The van der Waals surface area contributed by atoms with Crippen LogP contribution in [0.25, 0.3) is 0 Å². The Morgan fingerprint density at radius 3 is 2.67 bits per heavy atom. The summed E-state index contributed by atoms with van der Waals surface area (Å²) in [6, 6.07) is 8.80. The van der Waals surface area contributed by atoms with Gasteiger partial charge in [0.05, 0.1) is 6.54 Å². The fourth-order valence-electron chi connectivity index (χ4n) is 2.70. The van der Waals surface area contributed by atoms with Crippen molar-refractivity contribution in [3.63, 3.8) is 0 Å². The third-order valence-electron chi connectivity index (χ3n) is 4.04. The number of rotatable bonds is 10. The van der Waals surface area contributed by atoms with Crippen LogP contribution in [0.2, 0.25) is 0 Å². The lowest BCUT2D eigenvalue weighted by Gasteiger charge is -2.21. The smallest absolute Gasteiger partial charge is 0.0601 e. The molecule has 0 unspecified atom stereocenters. The van der Waals surface area contributed by atoms with Crippen LogP contribution in [0.1, 0.15) is 37.3 Å². The molecule has 0 spiro atoms. The van der Waals surface area contributed by atoms with Crippen LogP contribution in [-0.4, -0.2) is 31.1 Å². The molecule has 1 aliphatic carbocycles. The molecule has 114 valence electrons. The van der Waals surface area contributed by atoms with Gasteiger partial charge in [-0.15, -0.1) is 6.42 Å². The van der Waals surface area contributed by atoms with E-state index in [-0.39, 0.29) is 0 Å². The van der Waals surface area contributed by atoms with E-state index in [4.69, 9.17) is 6.42 Å². The van der Waals surface area contributed by atoms with Crippen molar-refractivity contribution in [2.75, 3.05) is 26.2 Å². The van der Waals surface area contributed by atoms with Crippen LogP contribution < -0.4 is 5.32 Å². The monoisotopic (exact) mass is 284 g/mol. The van der Waals surface area contributed by atoms with Gasteiger partial charge < -0.3 is 5.32 Å². The van der Waals surface area contributed by atoms with Gasteiger partial charge in [-0.05, 0) is 55.8 Å². The summed E-state index contributed by atoms with van der Waals surface area (Å²) in [5.41, 5.74) is 2.89.